The summed E-state index contributed by atoms with van der Waals surface area (Å²) in [5.74, 6) is -1.59. The second-order valence-electron chi connectivity index (χ2n) is 6.28. The number of carboxylic acid groups (broad SMARTS) is 1. The van der Waals surface area contributed by atoms with Crippen molar-refractivity contribution in [3.63, 3.8) is 0 Å². The molecule has 1 fully saturated rings. The fourth-order valence-corrected chi connectivity index (χ4v) is 3.41. The summed E-state index contributed by atoms with van der Waals surface area (Å²) in [6.45, 7) is -5.12. The average molecular weight is 361 g/mol. The van der Waals surface area contributed by atoms with Gasteiger partial charge < -0.3 is 14.7 Å². The highest BCUT2D eigenvalue weighted by Gasteiger charge is 2.43. The Morgan fingerprint density at radius 1 is 1.12 bits per heavy atom. The Morgan fingerprint density at radius 2 is 1.77 bits per heavy atom. The van der Waals surface area contributed by atoms with E-state index in [1.807, 2.05) is 0 Å². The fraction of sp³-hybridized carbons (Fsp3) is 0.409. The third-order valence-corrected chi connectivity index (χ3v) is 4.73. The zero-order chi connectivity index (χ0) is 24.5. The molecule has 0 bridgehead atoms. The van der Waals surface area contributed by atoms with Crippen LogP contribution in [-0.2, 0) is 15.1 Å². The molecule has 0 aromatic heterocycles. The molecule has 1 saturated heterocycles. The molecule has 2 aromatic rings. The highest BCUT2D eigenvalue weighted by atomic mass is 16.5. The van der Waals surface area contributed by atoms with E-state index in [1.54, 1.807) is 30.3 Å². The summed E-state index contributed by atoms with van der Waals surface area (Å²) in [5.41, 5.74) is -1.52. The van der Waals surface area contributed by atoms with Gasteiger partial charge in [-0.1, -0.05) is 49.3 Å². The lowest BCUT2D eigenvalue weighted by molar-refractivity contribution is -0.161. The Kier molecular flexibility index (Phi) is 3.67. The van der Waals surface area contributed by atoms with Crippen LogP contribution in [0.5, 0.6) is 0 Å². The lowest BCUT2D eigenvalue weighted by Crippen LogP contribution is -2.40. The van der Waals surface area contributed by atoms with Gasteiger partial charge in [-0.05, 0) is 48.9 Å². The number of aliphatic carboxylic acids is 1. The number of hydrogen-bond acceptors (Lipinski definition) is 3. The Balaban J connectivity index is 2.13. The molecule has 1 aliphatic heterocycles. The second kappa shape index (κ2) is 8.37. The van der Waals surface area contributed by atoms with Crippen LogP contribution >= 0.6 is 0 Å². The molecule has 1 atom stereocenters. The van der Waals surface area contributed by atoms with E-state index in [1.165, 1.54) is 24.3 Å². The smallest absolute Gasteiger partial charge is 0.345 e. The molecule has 1 N–H and O–H groups in total. The molecule has 2 aromatic carbocycles. The van der Waals surface area contributed by atoms with Gasteiger partial charge in [0.1, 0.15) is 0 Å². The molecule has 3 rings (SSSR count). The van der Waals surface area contributed by atoms with Gasteiger partial charge in [-0.15, -0.1) is 0 Å². The van der Waals surface area contributed by atoms with Crippen LogP contribution in [0.1, 0.15) is 53.2 Å². The van der Waals surface area contributed by atoms with Crippen molar-refractivity contribution in [2.75, 3.05) is 24.5 Å². The van der Waals surface area contributed by atoms with Crippen molar-refractivity contribution < 1.29 is 24.2 Å². The van der Waals surface area contributed by atoms with E-state index in [0.29, 0.717) is 0 Å². The molecular weight excluding hydrogens is 326 g/mol. The summed E-state index contributed by atoms with van der Waals surface area (Å²) in [4.78, 5) is 14.9. The number of rotatable bonds is 7. The highest BCUT2D eigenvalue weighted by molar-refractivity contribution is 5.84. The van der Waals surface area contributed by atoms with Gasteiger partial charge in [0.05, 0.1) is 2.74 Å². The van der Waals surface area contributed by atoms with E-state index in [-0.39, 0.29) is 11.1 Å². The van der Waals surface area contributed by atoms with E-state index in [0.717, 1.165) is 38.0 Å². The largest absolute Gasteiger partial charge is 0.479 e. The molecule has 1 heterocycles. The monoisotopic (exact) mass is 360 g/mol. The molecule has 138 valence electrons. The maximum absolute atomic E-state index is 12.7. The Hall–Kier alpha value is -2.33. The van der Waals surface area contributed by atoms with Crippen molar-refractivity contribution in [3.05, 3.63) is 65.7 Å². The van der Waals surface area contributed by atoms with Gasteiger partial charge in [0, 0.05) is 32.2 Å². The van der Waals surface area contributed by atoms with Gasteiger partial charge >= 0.3 is 5.97 Å². The lowest BCUT2D eigenvalue weighted by Gasteiger charge is -2.32. The number of piperidine rings is 1. The van der Waals surface area contributed by atoms with Gasteiger partial charge in [0.2, 0.25) is 5.60 Å². The Labute approximate surface area is 165 Å². The summed E-state index contributed by atoms with van der Waals surface area (Å²) >= 11 is 0. The second-order valence-corrected chi connectivity index (χ2v) is 6.28. The predicted octanol–water partition coefficient (Wildman–Crippen LogP) is 4.43. The van der Waals surface area contributed by atoms with Crippen LogP contribution in [0.15, 0.2) is 54.6 Å². The summed E-state index contributed by atoms with van der Waals surface area (Å²) in [6.07, 6.45) is -0.223. The zero-order valence-electron chi connectivity index (χ0n) is 21.4. The highest BCUT2D eigenvalue weighted by Crippen LogP contribution is 2.35. The number of carbonyl (C=O) groups is 1. The molecule has 0 radical (unpaired) electrons. The van der Waals surface area contributed by atoms with Crippen molar-refractivity contribution in [2.45, 2.75) is 38.1 Å². The first-order valence-corrected chi connectivity index (χ1v) is 8.67. The first-order valence-electron chi connectivity index (χ1n) is 12.2. The standard InChI is InChI=1S/C22H27NO3/c1-2-17-26-22(21(24)25,18-9-5-3-6-10-18)19-11-13-20(14-12-19)23-15-7-4-8-16-23/h3,5-6,9-14H,2,4,7-8,15-17H2,1H3,(H,24,25)/i1D3,2D2,17D2. The molecular formula is C22H27NO3. The van der Waals surface area contributed by atoms with E-state index in [2.05, 4.69) is 4.90 Å². The maximum Gasteiger partial charge on any atom is 0.345 e. The van der Waals surface area contributed by atoms with Crippen molar-refractivity contribution in [3.8, 4) is 0 Å². The number of carboxylic acids is 1. The third kappa shape index (κ3) is 3.61. The van der Waals surface area contributed by atoms with E-state index in [4.69, 9.17) is 14.3 Å². The quantitative estimate of drug-likeness (QED) is 0.793. The Bertz CT molecular complexity index is 958. The van der Waals surface area contributed by atoms with Crippen LogP contribution in [0.25, 0.3) is 0 Å². The third-order valence-electron chi connectivity index (χ3n) is 4.73. The Morgan fingerprint density at radius 3 is 2.38 bits per heavy atom. The maximum atomic E-state index is 12.7. The van der Waals surface area contributed by atoms with Crippen LogP contribution in [0.2, 0.25) is 0 Å². The van der Waals surface area contributed by atoms with E-state index < -0.39 is 31.4 Å². The molecule has 1 unspecified atom stereocenters. The van der Waals surface area contributed by atoms with Crippen molar-refractivity contribution in [1.82, 2.24) is 0 Å². The molecule has 1 aliphatic rings. The molecule has 0 aliphatic carbocycles. The van der Waals surface area contributed by atoms with Gasteiger partial charge in [-0.25, -0.2) is 4.79 Å². The van der Waals surface area contributed by atoms with Gasteiger partial charge in [-0.3, -0.25) is 0 Å². The minimum atomic E-state index is -3.48. The van der Waals surface area contributed by atoms with Gasteiger partial charge in [0.15, 0.2) is 0 Å². The van der Waals surface area contributed by atoms with Crippen LogP contribution < -0.4 is 4.90 Å². The SMILES string of the molecule is [2H]C([2H])([2H])C([2H])([2H])C([2H])([2H])OC(C(=O)O)(c1ccccc1)c1ccc(N2CCCCC2)cc1. The van der Waals surface area contributed by atoms with Crippen LogP contribution in [-0.4, -0.2) is 30.7 Å². The number of ether oxygens (including phenoxy) is 1. The minimum Gasteiger partial charge on any atom is -0.479 e. The van der Waals surface area contributed by atoms with Crippen molar-refractivity contribution in [2.24, 2.45) is 0 Å². The van der Waals surface area contributed by atoms with Gasteiger partial charge in [-0.2, -0.15) is 0 Å². The first-order chi connectivity index (χ1) is 15.3. The molecule has 0 saturated carbocycles. The number of hydrogen-bond donors (Lipinski definition) is 1. The molecule has 26 heavy (non-hydrogen) atoms. The van der Waals surface area contributed by atoms with Crippen LogP contribution in [0, 0.1) is 0 Å². The van der Waals surface area contributed by atoms with Crippen molar-refractivity contribution >= 4 is 11.7 Å². The van der Waals surface area contributed by atoms with E-state index >= 15 is 0 Å². The first kappa shape index (κ1) is 11.4. The topological polar surface area (TPSA) is 49.8 Å². The normalized spacial score (nSPS) is 22.5. The molecule has 0 amide bonds. The molecule has 0 spiro atoms. The number of anilines is 1. The average Bonchev–Trinajstić information content (AvgIpc) is 2.78. The number of nitrogens with zero attached hydrogens (tertiary/aromatic N) is 1. The lowest BCUT2D eigenvalue weighted by atomic mass is 9.85. The van der Waals surface area contributed by atoms with Crippen LogP contribution in [0.4, 0.5) is 5.69 Å². The zero-order valence-corrected chi connectivity index (χ0v) is 14.4. The fourth-order valence-electron chi connectivity index (χ4n) is 3.41. The molecule has 4 nitrogen and oxygen atoms in total. The van der Waals surface area contributed by atoms with Gasteiger partial charge in [0.25, 0.3) is 0 Å². The summed E-state index contributed by atoms with van der Waals surface area (Å²) in [6, 6.07) is 14.0. The predicted molar refractivity (Wildman–Crippen MR) is 104 cm³/mol. The van der Waals surface area contributed by atoms with E-state index in [9.17, 15) is 9.90 Å². The minimum absolute atomic E-state index is 0.0356. The summed E-state index contributed by atoms with van der Waals surface area (Å²) < 4.78 is 59.9. The summed E-state index contributed by atoms with van der Waals surface area (Å²) in [5, 5.41) is 10.3. The number of benzene rings is 2. The molecule has 4 heteroatoms. The van der Waals surface area contributed by atoms with Crippen LogP contribution in [0.3, 0.4) is 0 Å². The summed E-state index contributed by atoms with van der Waals surface area (Å²) in [7, 11) is 0. The van der Waals surface area contributed by atoms with Crippen molar-refractivity contribution in [1.29, 1.82) is 0 Å².